The molecule has 1 N–H and O–H groups in total. The molecular formula is C13H23NOS. The van der Waals surface area contributed by atoms with Crippen LogP contribution in [0.1, 0.15) is 39.4 Å². The summed E-state index contributed by atoms with van der Waals surface area (Å²) in [5.74, 6) is 2.06. The normalized spacial score (nSPS) is 14.9. The van der Waals surface area contributed by atoms with E-state index in [2.05, 4.69) is 26.1 Å². The molecule has 0 amide bonds. The maximum atomic E-state index is 5.32. The maximum absolute atomic E-state index is 5.32. The van der Waals surface area contributed by atoms with Crippen molar-refractivity contribution in [3.63, 3.8) is 0 Å². The quantitative estimate of drug-likeness (QED) is 0.751. The summed E-state index contributed by atoms with van der Waals surface area (Å²) in [6.07, 6.45) is 4.16. The highest BCUT2D eigenvalue weighted by molar-refractivity contribution is 7.99. The van der Waals surface area contributed by atoms with E-state index in [1.807, 2.05) is 23.9 Å². The molecule has 0 aliphatic carbocycles. The SMILES string of the molecule is CCCNC(C)CC(C)SCc1ccco1. The third-order valence-electron chi connectivity index (χ3n) is 2.52. The molecule has 0 aliphatic heterocycles. The van der Waals surface area contributed by atoms with E-state index in [4.69, 9.17) is 4.42 Å². The molecule has 1 rings (SSSR count). The molecule has 16 heavy (non-hydrogen) atoms. The Bertz CT molecular complexity index is 261. The van der Waals surface area contributed by atoms with Gasteiger partial charge in [0.15, 0.2) is 0 Å². The Morgan fingerprint density at radius 2 is 2.25 bits per heavy atom. The maximum Gasteiger partial charge on any atom is 0.113 e. The zero-order valence-corrected chi connectivity index (χ0v) is 11.3. The summed E-state index contributed by atoms with van der Waals surface area (Å²) in [7, 11) is 0. The van der Waals surface area contributed by atoms with Crippen molar-refractivity contribution in [1.82, 2.24) is 5.32 Å². The summed E-state index contributed by atoms with van der Waals surface area (Å²) in [5.41, 5.74) is 0. The molecule has 2 atom stereocenters. The van der Waals surface area contributed by atoms with Gasteiger partial charge in [-0.05, 0) is 38.4 Å². The topological polar surface area (TPSA) is 25.2 Å². The average molecular weight is 241 g/mol. The minimum absolute atomic E-state index is 0.610. The van der Waals surface area contributed by atoms with Crippen molar-refractivity contribution in [2.45, 2.75) is 50.7 Å². The van der Waals surface area contributed by atoms with Crippen LogP contribution in [0.15, 0.2) is 22.8 Å². The van der Waals surface area contributed by atoms with Gasteiger partial charge in [-0.25, -0.2) is 0 Å². The Kier molecular flexibility index (Phi) is 6.65. The van der Waals surface area contributed by atoms with Crippen LogP contribution in [-0.2, 0) is 5.75 Å². The van der Waals surface area contributed by atoms with Crippen LogP contribution in [-0.4, -0.2) is 17.8 Å². The molecule has 1 aromatic rings. The van der Waals surface area contributed by atoms with Gasteiger partial charge in [-0.1, -0.05) is 13.8 Å². The molecule has 0 bridgehead atoms. The monoisotopic (exact) mass is 241 g/mol. The molecule has 0 aromatic carbocycles. The largest absolute Gasteiger partial charge is 0.468 e. The highest BCUT2D eigenvalue weighted by Crippen LogP contribution is 2.21. The molecule has 0 saturated carbocycles. The molecular weight excluding hydrogens is 218 g/mol. The van der Waals surface area contributed by atoms with Gasteiger partial charge in [0.05, 0.1) is 12.0 Å². The molecule has 2 unspecified atom stereocenters. The van der Waals surface area contributed by atoms with Crippen LogP contribution in [0.2, 0.25) is 0 Å². The molecule has 3 heteroatoms. The first-order valence-electron chi connectivity index (χ1n) is 6.09. The van der Waals surface area contributed by atoms with Crippen LogP contribution in [0.3, 0.4) is 0 Å². The Hall–Kier alpha value is -0.410. The minimum Gasteiger partial charge on any atom is -0.468 e. The molecule has 0 radical (unpaired) electrons. The summed E-state index contributed by atoms with van der Waals surface area (Å²) >= 11 is 1.96. The van der Waals surface area contributed by atoms with Gasteiger partial charge in [0.25, 0.3) is 0 Å². The van der Waals surface area contributed by atoms with Crippen molar-refractivity contribution in [1.29, 1.82) is 0 Å². The van der Waals surface area contributed by atoms with Crippen molar-refractivity contribution in [3.8, 4) is 0 Å². The second-order valence-electron chi connectivity index (χ2n) is 4.29. The second-order valence-corrected chi connectivity index (χ2v) is 5.72. The van der Waals surface area contributed by atoms with Gasteiger partial charge in [-0.15, -0.1) is 0 Å². The molecule has 2 nitrogen and oxygen atoms in total. The lowest BCUT2D eigenvalue weighted by Crippen LogP contribution is -2.29. The van der Waals surface area contributed by atoms with Crippen molar-refractivity contribution in [2.75, 3.05) is 6.54 Å². The third kappa shape index (κ3) is 5.61. The lowest BCUT2D eigenvalue weighted by atomic mass is 10.2. The zero-order chi connectivity index (χ0) is 11.8. The van der Waals surface area contributed by atoms with Crippen molar-refractivity contribution in [2.24, 2.45) is 0 Å². The Labute approximate surface area is 103 Å². The predicted octanol–water partition coefficient (Wildman–Crippen LogP) is 3.68. The summed E-state index contributed by atoms with van der Waals surface area (Å²) < 4.78 is 5.32. The number of thioether (sulfide) groups is 1. The Balaban J connectivity index is 2.12. The lowest BCUT2D eigenvalue weighted by molar-refractivity contribution is 0.511. The molecule has 0 aliphatic rings. The predicted molar refractivity (Wildman–Crippen MR) is 71.8 cm³/mol. The minimum atomic E-state index is 0.610. The summed E-state index contributed by atoms with van der Waals surface area (Å²) in [5, 5.41) is 4.19. The summed E-state index contributed by atoms with van der Waals surface area (Å²) in [4.78, 5) is 0. The first kappa shape index (κ1) is 13.7. The van der Waals surface area contributed by atoms with Crippen LogP contribution in [0.5, 0.6) is 0 Å². The van der Waals surface area contributed by atoms with E-state index in [0.29, 0.717) is 11.3 Å². The van der Waals surface area contributed by atoms with Gasteiger partial charge in [-0.2, -0.15) is 11.8 Å². The number of hydrogen-bond acceptors (Lipinski definition) is 3. The fourth-order valence-electron chi connectivity index (χ4n) is 1.66. The second kappa shape index (κ2) is 7.80. The van der Waals surface area contributed by atoms with Gasteiger partial charge >= 0.3 is 0 Å². The number of furan rings is 1. The average Bonchev–Trinajstić information content (AvgIpc) is 2.76. The summed E-state index contributed by atoms with van der Waals surface area (Å²) in [6, 6.07) is 4.60. The van der Waals surface area contributed by atoms with E-state index >= 15 is 0 Å². The molecule has 0 fully saturated rings. The van der Waals surface area contributed by atoms with Gasteiger partial charge in [0, 0.05) is 11.3 Å². The van der Waals surface area contributed by atoms with Crippen molar-refractivity contribution < 1.29 is 4.42 Å². The lowest BCUT2D eigenvalue weighted by Gasteiger charge is -2.17. The van der Waals surface area contributed by atoms with Crippen LogP contribution in [0.25, 0.3) is 0 Å². The van der Waals surface area contributed by atoms with Gasteiger partial charge in [-0.3, -0.25) is 0 Å². The van der Waals surface area contributed by atoms with E-state index in [-0.39, 0.29) is 0 Å². The molecule has 0 spiro atoms. The van der Waals surface area contributed by atoms with E-state index in [0.717, 1.165) is 18.1 Å². The van der Waals surface area contributed by atoms with Crippen LogP contribution in [0.4, 0.5) is 0 Å². The van der Waals surface area contributed by atoms with Crippen molar-refractivity contribution in [3.05, 3.63) is 24.2 Å². The van der Waals surface area contributed by atoms with E-state index in [9.17, 15) is 0 Å². The van der Waals surface area contributed by atoms with Gasteiger partial charge in [0.2, 0.25) is 0 Å². The number of nitrogens with one attached hydrogen (secondary N) is 1. The molecule has 1 aromatic heterocycles. The fourth-order valence-corrected chi connectivity index (χ4v) is 2.70. The van der Waals surface area contributed by atoms with Crippen LogP contribution < -0.4 is 5.32 Å². The van der Waals surface area contributed by atoms with Crippen LogP contribution in [0, 0.1) is 0 Å². The van der Waals surface area contributed by atoms with Crippen LogP contribution >= 0.6 is 11.8 Å². The fraction of sp³-hybridized carbons (Fsp3) is 0.692. The Morgan fingerprint density at radius 1 is 1.44 bits per heavy atom. The smallest absolute Gasteiger partial charge is 0.113 e. The summed E-state index contributed by atoms with van der Waals surface area (Å²) in [6.45, 7) is 7.88. The van der Waals surface area contributed by atoms with E-state index in [1.54, 1.807) is 6.26 Å². The first-order valence-corrected chi connectivity index (χ1v) is 7.14. The van der Waals surface area contributed by atoms with E-state index in [1.165, 1.54) is 12.8 Å². The van der Waals surface area contributed by atoms with E-state index < -0.39 is 0 Å². The van der Waals surface area contributed by atoms with Gasteiger partial charge < -0.3 is 9.73 Å². The standard InChI is InChI=1S/C13H23NOS/c1-4-7-14-11(2)9-12(3)16-10-13-6-5-8-15-13/h5-6,8,11-12,14H,4,7,9-10H2,1-3H3. The third-order valence-corrected chi connectivity index (χ3v) is 3.73. The number of rotatable bonds is 8. The highest BCUT2D eigenvalue weighted by atomic mass is 32.2. The van der Waals surface area contributed by atoms with Crippen molar-refractivity contribution >= 4 is 11.8 Å². The Morgan fingerprint density at radius 3 is 2.88 bits per heavy atom. The molecule has 0 saturated heterocycles. The van der Waals surface area contributed by atoms with Gasteiger partial charge in [0.1, 0.15) is 5.76 Å². The molecule has 1 heterocycles. The number of hydrogen-bond donors (Lipinski definition) is 1. The highest BCUT2D eigenvalue weighted by Gasteiger charge is 2.09. The first-order chi connectivity index (χ1) is 7.72. The zero-order valence-electron chi connectivity index (χ0n) is 10.5. The molecule has 92 valence electrons.